The molecule has 1 aromatic rings. The molecule has 1 atom stereocenters. The molecule has 0 bridgehead atoms. The first-order chi connectivity index (χ1) is 11.0. The van der Waals surface area contributed by atoms with Crippen molar-refractivity contribution in [1.82, 2.24) is 10.2 Å². The maximum absolute atomic E-state index is 12.5. The monoisotopic (exact) mass is 382 g/mol. The Balaban J connectivity index is 2.40. The zero-order valence-electron chi connectivity index (χ0n) is 13.3. The van der Waals surface area contributed by atoms with Crippen molar-refractivity contribution in [3.05, 3.63) is 45.6 Å². The topological polar surface area (TPSA) is 67.9 Å². The lowest BCUT2D eigenvalue weighted by Crippen LogP contribution is -2.46. The van der Waals surface area contributed by atoms with Gasteiger partial charge in [0.05, 0.1) is 18.2 Å². The number of nitrogens with zero attached hydrogens (tertiary/aromatic N) is 1. The van der Waals surface area contributed by atoms with Gasteiger partial charge in [-0.15, -0.1) is 0 Å². The summed E-state index contributed by atoms with van der Waals surface area (Å²) in [6, 6.07) is 6.62. The molecule has 0 spiro atoms. The molecule has 0 saturated heterocycles. The number of carbonyl (C=O) groups excluding carboxylic acids is 2. The highest BCUT2D eigenvalue weighted by atomic mass is 79.9. The second kappa shape index (κ2) is 7.61. The van der Waals surface area contributed by atoms with Gasteiger partial charge in [-0.1, -0.05) is 34.1 Å². The second-order valence-corrected chi connectivity index (χ2v) is 5.95. The van der Waals surface area contributed by atoms with E-state index in [4.69, 9.17) is 9.47 Å². The van der Waals surface area contributed by atoms with E-state index in [9.17, 15) is 9.59 Å². The van der Waals surface area contributed by atoms with E-state index in [2.05, 4.69) is 21.2 Å². The molecule has 1 aliphatic heterocycles. The molecule has 0 radical (unpaired) electrons. The Morgan fingerprint density at radius 1 is 1.35 bits per heavy atom. The minimum atomic E-state index is -0.565. The summed E-state index contributed by atoms with van der Waals surface area (Å²) in [5, 5.41) is 2.84. The fourth-order valence-electron chi connectivity index (χ4n) is 2.34. The van der Waals surface area contributed by atoms with Crippen molar-refractivity contribution >= 4 is 27.9 Å². The highest BCUT2D eigenvalue weighted by molar-refractivity contribution is 9.10. The minimum absolute atomic E-state index is 0.159. The zero-order chi connectivity index (χ0) is 17.0. The Labute approximate surface area is 143 Å². The maximum atomic E-state index is 12.5. The fraction of sp³-hybridized carbons (Fsp3) is 0.375. The summed E-state index contributed by atoms with van der Waals surface area (Å²) >= 11 is 3.47. The molecule has 2 amide bonds. The van der Waals surface area contributed by atoms with Crippen molar-refractivity contribution in [3.8, 4) is 0 Å². The van der Waals surface area contributed by atoms with Gasteiger partial charge in [0.25, 0.3) is 0 Å². The van der Waals surface area contributed by atoms with Crippen LogP contribution in [0.25, 0.3) is 0 Å². The third-order valence-electron chi connectivity index (χ3n) is 3.71. The Hall–Kier alpha value is -1.86. The summed E-state index contributed by atoms with van der Waals surface area (Å²) in [5.74, 6) is -0.466. The second-order valence-electron chi connectivity index (χ2n) is 5.09. The van der Waals surface area contributed by atoms with Crippen molar-refractivity contribution in [2.45, 2.75) is 13.0 Å². The number of esters is 1. The summed E-state index contributed by atoms with van der Waals surface area (Å²) in [6.45, 7) is 2.21. The van der Waals surface area contributed by atoms with E-state index >= 15 is 0 Å². The van der Waals surface area contributed by atoms with Gasteiger partial charge < -0.3 is 19.7 Å². The molecule has 1 heterocycles. The molecule has 0 aliphatic carbocycles. The van der Waals surface area contributed by atoms with Crippen molar-refractivity contribution in [1.29, 1.82) is 0 Å². The molecule has 1 N–H and O–H groups in total. The largest absolute Gasteiger partial charge is 0.460 e. The summed E-state index contributed by atoms with van der Waals surface area (Å²) < 4.78 is 11.0. The van der Waals surface area contributed by atoms with Crippen LogP contribution in [0.15, 0.2) is 40.0 Å². The Morgan fingerprint density at radius 2 is 2.04 bits per heavy atom. The van der Waals surface area contributed by atoms with Gasteiger partial charge in [-0.3, -0.25) is 0 Å². The van der Waals surface area contributed by atoms with Gasteiger partial charge in [-0.2, -0.15) is 0 Å². The number of nitrogens with one attached hydrogen (secondary N) is 1. The van der Waals surface area contributed by atoms with E-state index in [-0.39, 0.29) is 12.6 Å². The van der Waals surface area contributed by atoms with Gasteiger partial charge in [0.15, 0.2) is 0 Å². The first-order valence-electron chi connectivity index (χ1n) is 7.12. The number of amides is 2. The van der Waals surface area contributed by atoms with Crippen LogP contribution in [0.2, 0.25) is 0 Å². The lowest BCUT2D eigenvalue weighted by Gasteiger charge is -2.33. The van der Waals surface area contributed by atoms with Crippen LogP contribution in [-0.2, 0) is 14.3 Å². The van der Waals surface area contributed by atoms with Crippen LogP contribution in [-0.4, -0.2) is 44.3 Å². The van der Waals surface area contributed by atoms with Crippen LogP contribution in [0, 0.1) is 0 Å². The predicted octanol–water partition coefficient (Wildman–Crippen LogP) is 2.61. The quantitative estimate of drug-likeness (QED) is 0.627. The Kier molecular flexibility index (Phi) is 5.79. The standard InChI is InChI=1S/C16H19BrN2O4/c1-10-13(15(20)23-9-8-22-3)14(18-16(21)19(10)2)11-6-4-5-7-12(11)17/h4-7,14H,8-9H2,1-3H3,(H,18,21)/t14-/m0/s1. The number of halogens is 1. The number of hydrogen-bond donors (Lipinski definition) is 1. The summed E-state index contributed by atoms with van der Waals surface area (Å²) in [5.41, 5.74) is 1.78. The van der Waals surface area contributed by atoms with Crippen molar-refractivity contribution in [2.24, 2.45) is 0 Å². The molecule has 1 aliphatic rings. The summed E-state index contributed by atoms with van der Waals surface area (Å²) in [6.07, 6.45) is 0. The van der Waals surface area contributed by atoms with E-state index < -0.39 is 12.0 Å². The van der Waals surface area contributed by atoms with E-state index in [1.807, 2.05) is 24.3 Å². The molecular formula is C16H19BrN2O4. The molecule has 0 aromatic heterocycles. The third kappa shape index (κ3) is 3.73. The Bertz CT molecular complexity index is 645. The van der Waals surface area contributed by atoms with E-state index in [1.54, 1.807) is 14.0 Å². The fourth-order valence-corrected chi connectivity index (χ4v) is 2.85. The smallest absolute Gasteiger partial charge is 0.338 e. The van der Waals surface area contributed by atoms with Gasteiger partial charge >= 0.3 is 12.0 Å². The van der Waals surface area contributed by atoms with Crippen LogP contribution in [0.3, 0.4) is 0 Å². The van der Waals surface area contributed by atoms with Crippen molar-refractivity contribution in [2.75, 3.05) is 27.4 Å². The average Bonchev–Trinajstić information content (AvgIpc) is 2.53. The number of urea groups is 1. The SMILES string of the molecule is COCCOC(=O)C1=C(C)N(C)C(=O)N[C@H]1c1ccccc1Br. The molecule has 124 valence electrons. The number of rotatable bonds is 5. The molecule has 7 heteroatoms. The van der Waals surface area contributed by atoms with Crippen LogP contribution in [0.1, 0.15) is 18.5 Å². The first kappa shape index (κ1) is 17.5. The highest BCUT2D eigenvalue weighted by Gasteiger charge is 2.35. The van der Waals surface area contributed by atoms with Crippen LogP contribution in [0.5, 0.6) is 0 Å². The average molecular weight is 383 g/mol. The van der Waals surface area contributed by atoms with Crippen LogP contribution >= 0.6 is 15.9 Å². The van der Waals surface area contributed by atoms with E-state index in [0.717, 1.165) is 10.0 Å². The van der Waals surface area contributed by atoms with E-state index in [0.29, 0.717) is 17.9 Å². The van der Waals surface area contributed by atoms with Gasteiger partial charge in [0, 0.05) is 24.3 Å². The van der Waals surface area contributed by atoms with Gasteiger partial charge in [0.2, 0.25) is 0 Å². The molecule has 6 nitrogen and oxygen atoms in total. The molecule has 2 rings (SSSR count). The number of carbonyl (C=O) groups is 2. The Morgan fingerprint density at radius 3 is 2.70 bits per heavy atom. The number of ether oxygens (including phenoxy) is 2. The zero-order valence-corrected chi connectivity index (χ0v) is 14.8. The van der Waals surface area contributed by atoms with Crippen LogP contribution < -0.4 is 5.32 Å². The lowest BCUT2D eigenvalue weighted by atomic mass is 9.95. The molecule has 23 heavy (non-hydrogen) atoms. The van der Waals surface area contributed by atoms with Gasteiger partial charge in [-0.25, -0.2) is 9.59 Å². The lowest BCUT2D eigenvalue weighted by molar-refractivity contribution is -0.140. The molecule has 1 aromatic carbocycles. The molecule has 0 fully saturated rings. The maximum Gasteiger partial charge on any atom is 0.338 e. The van der Waals surface area contributed by atoms with Crippen molar-refractivity contribution < 1.29 is 19.1 Å². The number of benzene rings is 1. The van der Waals surface area contributed by atoms with Gasteiger partial charge in [0.1, 0.15) is 6.61 Å². The third-order valence-corrected chi connectivity index (χ3v) is 4.43. The van der Waals surface area contributed by atoms with Crippen molar-refractivity contribution in [3.63, 3.8) is 0 Å². The molecular weight excluding hydrogens is 364 g/mol. The number of methoxy groups -OCH3 is 1. The predicted molar refractivity (Wildman–Crippen MR) is 88.7 cm³/mol. The highest BCUT2D eigenvalue weighted by Crippen LogP contribution is 2.34. The summed E-state index contributed by atoms with van der Waals surface area (Å²) in [7, 11) is 3.15. The van der Waals surface area contributed by atoms with Gasteiger partial charge in [-0.05, 0) is 18.6 Å². The number of hydrogen-bond acceptors (Lipinski definition) is 4. The molecule has 0 unspecified atom stereocenters. The molecule has 0 saturated carbocycles. The number of allylic oxidation sites excluding steroid dienone is 1. The summed E-state index contributed by atoms with van der Waals surface area (Å²) in [4.78, 5) is 26.0. The van der Waals surface area contributed by atoms with E-state index in [1.165, 1.54) is 12.0 Å². The van der Waals surface area contributed by atoms with Crippen LogP contribution in [0.4, 0.5) is 4.79 Å². The normalized spacial score (nSPS) is 18.0. The first-order valence-corrected chi connectivity index (χ1v) is 7.92. The minimum Gasteiger partial charge on any atom is -0.460 e.